The zero-order chi connectivity index (χ0) is 17.4. The first-order valence-electron chi connectivity index (χ1n) is 9.09. The molecule has 1 saturated carbocycles. The predicted molar refractivity (Wildman–Crippen MR) is 99.4 cm³/mol. The lowest BCUT2D eigenvalue weighted by Gasteiger charge is -2.51. The molecule has 0 bridgehead atoms. The summed E-state index contributed by atoms with van der Waals surface area (Å²) in [6.45, 7) is 8.85. The number of aliphatic hydroxyl groups excluding tert-OH is 1. The summed E-state index contributed by atoms with van der Waals surface area (Å²) in [7, 11) is 0.601. The number of hydrogen-bond acceptors (Lipinski definition) is 3. The zero-order valence-electron chi connectivity index (χ0n) is 15.3. The van der Waals surface area contributed by atoms with Gasteiger partial charge in [-0.15, -0.1) is 0 Å². The van der Waals surface area contributed by atoms with Crippen molar-refractivity contribution in [1.82, 2.24) is 0 Å². The lowest BCUT2D eigenvalue weighted by atomic mass is 9.62. The predicted octanol–water partition coefficient (Wildman–Crippen LogP) is 4.27. The Bertz CT molecular complexity index is 687. The van der Waals surface area contributed by atoms with Gasteiger partial charge in [0.05, 0.1) is 18.0 Å². The molecule has 1 aromatic heterocycles. The molecule has 1 heterocycles. The quantitative estimate of drug-likeness (QED) is 0.853. The van der Waals surface area contributed by atoms with E-state index in [4.69, 9.17) is 9.07 Å². The van der Waals surface area contributed by atoms with Crippen molar-refractivity contribution >= 4 is 18.5 Å². The molecule has 1 fully saturated rings. The normalized spacial score (nSPS) is 28.2. The third-order valence-electron chi connectivity index (χ3n) is 5.71. The van der Waals surface area contributed by atoms with Gasteiger partial charge in [0.15, 0.2) is 0 Å². The molecule has 3 atom stereocenters. The Labute approximate surface area is 145 Å². The van der Waals surface area contributed by atoms with Crippen LogP contribution in [0.4, 0.5) is 0 Å². The van der Waals surface area contributed by atoms with Crippen molar-refractivity contribution in [3.63, 3.8) is 0 Å². The zero-order valence-corrected chi connectivity index (χ0v) is 15.3. The molecule has 24 heavy (non-hydrogen) atoms. The third-order valence-corrected chi connectivity index (χ3v) is 5.71. The summed E-state index contributed by atoms with van der Waals surface area (Å²) in [6.07, 6.45) is 5.26. The summed E-state index contributed by atoms with van der Waals surface area (Å²) >= 11 is 0. The molecule has 130 valence electrons. The minimum Gasteiger partial charge on any atom is -0.464 e. The molecule has 0 radical (unpaired) electrons. The average molecular weight is 328 g/mol. The fourth-order valence-corrected chi connectivity index (χ4v) is 4.42. The second kappa shape index (κ2) is 6.57. The van der Waals surface area contributed by atoms with Gasteiger partial charge in [0.2, 0.25) is 0 Å². The van der Waals surface area contributed by atoms with Crippen molar-refractivity contribution in [3.8, 4) is 0 Å². The Kier molecular flexibility index (Phi) is 4.81. The molecule has 3 nitrogen and oxygen atoms in total. The molecule has 0 saturated heterocycles. The van der Waals surface area contributed by atoms with Crippen molar-refractivity contribution in [1.29, 1.82) is 0 Å². The second-order valence-corrected chi connectivity index (χ2v) is 8.40. The lowest BCUT2D eigenvalue weighted by molar-refractivity contribution is -0.134. The van der Waals surface area contributed by atoms with E-state index in [2.05, 4.69) is 33.8 Å². The van der Waals surface area contributed by atoms with Crippen molar-refractivity contribution in [2.75, 3.05) is 0 Å². The number of benzene rings is 1. The number of hydrogen-bond donors (Lipinski definition) is 1. The summed E-state index contributed by atoms with van der Waals surface area (Å²) in [5.41, 5.74) is 1.74. The number of para-hydroxylation sites is 1. The van der Waals surface area contributed by atoms with E-state index in [1.165, 1.54) is 5.56 Å². The second-order valence-electron chi connectivity index (χ2n) is 8.40. The standard InChI is InChI=1S/C20H29BO3/c1-19(2,3)17-10-7-11-18(22)20(17,4)24-21-12-14-13-23-16-9-6-5-8-15(14)16/h5-6,8-9,13,17-18,21-22H,7,10-12H2,1-4H3/t17-,18?,20-/m0/s1. The summed E-state index contributed by atoms with van der Waals surface area (Å²) in [6, 6.07) is 8.09. The molecule has 2 aromatic rings. The Morgan fingerprint density at radius 3 is 2.79 bits per heavy atom. The maximum absolute atomic E-state index is 10.6. The van der Waals surface area contributed by atoms with E-state index >= 15 is 0 Å². The van der Waals surface area contributed by atoms with E-state index in [0.29, 0.717) is 13.4 Å². The van der Waals surface area contributed by atoms with Gasteiger partial charge in [-0.25, -0.2) is 0 Å². The van der Waals surface area contributed by atoms with Crippen LogP contribution in [0.5, 0.6) is 0 Å². The molecule has 4 heteroatoms. The number of furan rings is 1. The molecule has 1 aliphatic rings. The highest BCUT2D eigenvalue weighted by Crippen LogP contribution is 2.46. The van der Waals surface area contributed by atoms with Crippen molar-refractivity contribution in [3.05, 3.63) is 36.1 Å². The van der Waals surface area contributed by atoms with E-state index in [0.717, 1.165) is 36.6 Å². The molecular formula is C20H29BO3. The first kappa shape index (κ1) is 17.6. The molecule has 0 aliphatic heterocycles. The number of fused-ring (bicyclic) bond motifs is 1. The van der Waals surface area contributed by atoms with Gasteiger partial charge in [0.25, 0.3) is 7.48 Å². The highest BCUT2D eigenvalue weighted by atomic mass is 16.5. The van der Waals surface area contributed by atoms with E-state index in [9.17, 15) is 5.11 Å². The van der Waals surface area contributed by atoms with Crippen LogP contribution in [0.15, 0.2) is 34.9 Å². The van der Waals surface area contributed by atoms with Crippen LogP contribution < -0.4 is 0 Å². The maximum atomic E-state index is 10.6. The highest BCUT2D eigenvalue weighted by molar-refractivity contribution is 6.27. The largest absolute Gasteiger partial charge is 0.464 e. The van der Waals surface area contributed by atoms with Gasteiger partial charge in [0.1, 0.15) is 5.58 Å². The summed E-state index contributed by atoms with van der Waals surface area (Å²) in [5, 5.41) is 11.8. The van der Waals surface area contributed by atoms with Gasteiger partial charge in [-0.05, 0) is 49.0 Å². The molecular weight excluding hydrogens is 299 g/mol. The minimum absolute atomic E-state index is 0.123. The van der Waals surface area contributed by atoms with Crippen LogP contribution in [-0.2, 0) is 11.0 Å². The van der Waals surface area contributed by atoms with Gasteiger partial charge >= 0.3 is 0 Å². The van der Waals surface area contributed by atoms with Crippen LogP contribution in [0.3, 0.4) is 0 Å². The molecule has 1 aromatic carbocycles. The fourth-order valence-electron chi connectivity index (χ4n) is 4.42. The van der Waals surface area contributed by atoms with Crippen LogP contribution in [0, 0.1) is 11.3 Å². The monoisotopic (exact) mass is 328 g/mol. The Morgan fingerprint density at radius 1 is 1.29 bits per heavy atom. The van der Waals surface area contributed by atoms with E-state index in [1.54, 1.807) is 0 Å². The van der Waals surface area contributed by atoms with Crippen LogP contribution >= 0.6 is 0 Å². The minimum atomic E-state index is -0.476. The van der Waals surface area contributed by atoms with Gasteiger partial charge in [-0.2, -0.15) is 0 Å². The molecule has 0 spiro atoms. The SMILES string of the molecule is CC(C)(C)[C@@H]1CCCC(O)[C@@]1(C)OBCc1coc2ccccc12. The van der Waals surface area contributed by atoms with Gasteiger partial charge in [-0.1, -0.05) is 45.4 Å². The van der Waals surface area contributed by atoms with Gasteiger partial charge < -0.3 is 14.2 Å². The molecule has 1 aliphatic carbocycles. The number of rotatable bonds is 4. The Morgan fingerprint density at radius 2 is 2.04 bits per heavy atom. The summed E-state index contributed by atoms with van der Waals surface area (Å²) in [4.78, 5) is 0. The van der Waals surface area contributed by atoms with Crippen LogP contribution in [0.2, 0.25) is 0 Å². The average Bonchev–Trinajstić information content (AvgIpc) is 2.92. The first-order chi connectivity index (χ1) is 11.3. The van der Waals surface area contributed by atoms with E-state index < -0.39 is 11.7 Å². The number of aliphatic hydroxyl groups is 1. The highest BCUT2D eigenvalue weighted by Gasteiger charge is 2.48. The lowest BCUT2D eigenvalue weighted by Crippen LogP contribution is -2.55. The Balaban J connectivity index is 1.71. The van der Waals surface area contributed by atoms with Gasteiger partial charge in [-0.3, -0.25) is 0 Å². The smallest absolute Gasteiger partial charge is 0.280 e. The van der Waals surface area contributed by atoms with Gasteiger partial charge in [0, 0.05) is 5.39 Å². The molecule has 1 unspecified atom stereocenters. The van der Waals surface area contributed by atoms with E-state index in [-0.39, 0.29) is 5.41 Å². The van der Waals surface area contributed by atoms with Crippen molar-refractivity contribution in [2.24, 2.45) is 11.3 Å². The topological polar surface area (TPSA) is 42.6 Å². The van der Waals surface area contributed by atoms with Crippen molar-refractivity contribution < 1.29 is 14.2 Å². The third kappa shape index (κ3) is 3.27. The maximum Gasteiger partial charge on any atom is 0.280 e. The Hall–Kier alpha value is -1.26. The first-order valence-corrected chi connectivity index (χ1v) is 9.09. The fraction of sp³-hybridized carbons (Fsp3) is 0.600. The molecule has 3 rings (SSSR count). The summed E-state index contributed by atoms with van der Waals surface area (Å²) < 4.78 is 12.0. The molecule has 1 N–H and O–H groups in total. The van der Waals surface area contributed by atoms with E-state index in [1.807, 2.05) is 24.5 Å². The summed E-state index contributed by atoms with van der Waals surface area (Å²) in [5.74, 6) is 0.356. The van der Waals surface area contributed by atoms with Crippen LogP contribution in [0.25, 0.3) is 11.0 Å². The van der Waals surface area contributed by atoms with Crippen molar-refractivity contribution in [2.45, 2.75) is 65.0 Å². The van der Waals surface area contributed by atoms with Crippen LogP contribution in [0.1, 0.15) is 52.5 Å². The van der Waals surface area contributed by atoms with Crippen LogP contribution in [-0.4, -0.2) is 24.3 Å². The molecule has 0 amide bonds.